The second kappa shape index (κ2) is 9.76. The topological polar surface area (TPSA) is 106 Å². The van der Waals surface area contributed by atoms with Gasteiger partial charge in [-0.25, -0.2) is 4.98 Å². The fraction of sp³-hybridized carbons (Fsp3) is 0.333. The molecule has 2 aromatic rings. The molecule has 31 heavy (non-hydrogen) atoms. The van der Waals surface area contributed by atoms with Crippen molar-refractivity contribution in [2.45, 2.75) is 26.7 Å². The average Bonchev–Trinajstić information content (AvgIpc) is 3.20. The van der Waals surface area contributed by atoms with Gasteiger partial charge in [-0.3, -0.25) is 4.79 Å². The number of ether oxygens (including phenoxy) is 4. The lowest BCUT2D eigenvalue weighted by molar-refractivity contribution is -0.135. The highest BCUT2D eigenvalue weighted by atomic mass is 79.9. The highest BCUT2D eigenvalue weighted by Crippen LogP contribution is 2.35. The Kier molecular flexibility index (Phi) is 7.09. The largest absolute Gasteiger partial charge is 0.496 e. The maximum Gasteiger partial charge on any atom is 0.247 e. The molecule has 1 aromatic heterocycles. The molecule has 0 saturated carbocycles. The number of hydrogen-bond donors (Lipinski definition) is 0. The Bertz CT molecular complexity index is 1070. The molecule has 0 aliphatic carbocycles. The van der Waals surface area contributed by atoms with E-state index in [9.17, 15) is 10.1 Å². The van der Waals surface area contributed by atoms with E-state index in [1.807, 2.05) is 12.1 Å². The fourth-order valence-corrected chi connectivity index (χ4v) is 3.48. The molecule has 162 valence electrons. The predicted octanol–water partition coefficient (Wildman–Crippen LogP) is 3.45. The van der Waals surface area contributed by atoms with Gasteiger partial charge in [-0.05, 0) is 35.0 Å². The number of aryl methyl sites for hydroxylation is 1. The zero-order valence-electron chi connectivity index (χ0n) is 17.5. The van der Waals surface area contributed by atoms with E-state index in [2.05, 4.69) is 32.1 Å². The van der Waals surface area contributed by atoms with Gasteiger partial charge in [-0.2, -0.15) is 10.3 Å². The molecule has 9 nitrogen and oxygen atoms in total. The Morgan fingerprint density at radius 2 is 2.06 bits per heavy atom. The highest BCUT2D eigenvalue weighted by Gasteiger charge is 2.34. The molecule has 1 amide bonds. The molecular formula is C21H21BrN4O5. The first kappa shape index (κ1) is 22.5. The minimum atomic E-state index is -0.786. The molecule has 0 N–H and O–H groups in total. The van der Waals surface area contributed by atoms with Crippen LogP contribution in [0, 0.1) is 18.3 Å². The van der Waals surface area contributed by atoms with Gasteiger partial charge >= 0.3 is 0 Å². The minimum Gasteiger partial charge on any atom is -0.496 e. The van der Waals surface area contributed by atoms with Crippen LogP contribution < -0.4 is 9.47 Å². The molecule has 0 saturated heterocycles. The fourth-order valence-electron chi connectivity index (χ4n) is 3.08. The lowest BCUT2D eigenvalue weighted by Crippen LogP contribution is -2.25. The van der Waals surface area contributed by atoms with E-state index in [1.54, 1.807) is 33.3 Å². The number of methoxy groups -OCH3 is 2. The van der Waals surface area contributed by atoms with E-state index in [0.717, 1.165) is 0 Å². The summed E-state index contributed by atoms with van der Waals surface area (Å²) in [5.74, 6) is 0.572. The normalized spacial score (nSPS) is 15.2. The van der Waals surface area contributed by atoms with Gasteiger partial charge in [0.25, 0.3) is 0 Å². The van der Waals surface area contributed by atoms with Crippen LogP contribution in [-0.2, 0) is 20.9 Å². The van der Waals surface area contributed by atoms with Crippen molar-refractivity contribution < 1.29 is 23.7 Å². The van der Waals surface area contributed by atoms with Gasteiger partial charge in [0.2, 0.25) is 23.9 Å². The number of benzene rings is 1. The molecule has 1 atom stereocenters. The minimum absolute atomic E-state index is 0.120. The lowest BCUT2D eigenvalue weighted by Gasteiger charge is -2.21. The average molecular weight is 489 g/mol. The zero-order valence-corrected chi connectivity index (χ0v) is 19.1. The summed E-state index contributed by atoms with van der Waals surface area (Å²) in [7, 11) is 3.08. The maximum absolute atomic E-state index is 12.1. The molecule has 0 radical (unpaired) electrons. The number of aromatic nitrogens is 1. The van der Waals surface area contributed by atoms with Gasteiger partial charge in [0.05, 0.1) is 25.0 Å². The molecule has 3 rings (SSSR count). The number of rotatable bonds is 7. The molecule has 0 bridgehead atoms. The third-order valence-corrected chi connectivity index (χ3v) is 5.57. The molecule has 2 heterocycles. The lowest BCUT2D eigenvalue weighted by atomic mass is 10.1. The summed E-state index contributed by atoms with van der Waals surface area (Å²) >= 11 is 3.44. The van der Waals surface area contributed by atoms with Gasteiger partial charge in [-0.1, -0.05) is 12.1 Å². The first-order chi connectivity index (χ1) is 14.9. The highest BCUT2D eigenvalue weighted by molar-refractivity contribution is 9.10. The van der Waals surface area contributed by atoms with Crippen molar-refractivity contribution in [3.05, 3.63) is 51.1 Å². The molecule has 0 spiro atoms. The quantitative estimate of drug-likeness (QED) is 0.587. The second-order valence-electron chi connectivity index (χ2n) is 6.57. The summed E-state index contributed by atoms with van der Waals surface area (Å²) < 4.78 is 22.9. The Morgan fingerprint density at radius 3 is 2.71 bits per heavy atom. The third-order valence-electron chi connectivity index (χ3n) is 4.52. The number of carbonyl (C=O) groups is 1. The van der Waals surface area contributed by atoms with E-state index in [1.165, 1.54) is 11.9 Å². The van der Waals surface area contributed by atoms with Crippen LogP contribution in [-0.4, -0.2) is 42.6 Å². The first-order valence-electron chi connectivity index (χ1n) is 9.28. The number of pyridine rings is 1. The van der Waals surface area contributed by atoms with Gasteiger partial charge in [0.1, 0.15) is 17.4 Å². The molecule has 1 unspecified atom stereocenters. The van der Waals surface area contributed by atoms with Gasteiger partial charge in [0, 0.05) is 24.1 Å². The number of para-hydroxylation sites is 1. The molecule has 1 aliphatic rings. The smallest absolute Gasteiger partial charge is 0.247 e. The van der Waals surface area contributed by atoms with Crippen LogP contribution in [0.2, 0.25) is 0 Å². The van der Waals surface area contributed by atoms with E-state index >= 15 is 0 Å². The van der Waals surface area contributed by atoms with Crippen molar-refractivity contribution in [3.8, 4) is 17.7 Å². The van der Waals surface area contributed by atoms with Crippen LogP contribution in [0.3, 0.4) is 0 Å². The van der Waals surface area contributed by atoms with Crippen LogP contribution in [0.25, 0.3) is 0 Å². The summed E-state index contributed by atoms with van der Waals surface area (Å²) in [5.41, 5.74) is 2.19. The molecule has 1 aliphatic heterocycles. The number of carbonyl (C=O) groups excluding carboxylic acids is 1. The summed E-state index contributed by atoms with van der Waals surface area (Å²) in [6, 6.07) is 9.32. The summed E-state index contributed by atoms with van der Waals surface area (Å²) in [4.78, 5) is 16.5. The third kappa shape index (κ3) is 4.62. The zero-order chi connectivity index (χ0) is 22.5. The van der Waals surface area contributed by atoms with Gasteiger partial charge < -0.3 is 18.9 Å². The van der Waals surface area contributed by atoms with Crippen LogP contribution in [0.5, 0.6) is 11.6 Å². The number of nitriles is 1. The maximum atomic E-state index is 12.1. The summed E-state index contributed by atoms with van der Waals surface area (Å²) in [6.07, 6.45) is -0.786. The van der Waals surface area contributed by atoms with Gasteiger partial charge in [0.15, 0.2) is 6.61 Å². The van der Waals surface area contributed by atoms with E-state index < -0.39 is 6.23 Å². The number of nitrogens with zero attached hydrogens (tertiary/aromatic N) is 4. The molecular weight excluding hydrogens is 468 g/mol. The number of hydrogen-bond acceptors (Lipinski definition) is 8. The van der Waals surface area contributed by atoms with Crippen LogP contribution >= 0.6 is 15.9 Å². The van der Waals surface area contributed by atoms with Crippen molar-refractivity contribution in [2.75, 3.05) is 20.8 Å². The molecule has 1 aromatic carbocycles. The summed E-state index contributed by atoms with van der Waals surface area (Å²) in [5, 5.41) is 15.1. The van der Waals surface area contributed by atoms with Crippen LogP contribution in [0.4, 0.5) is 0 Å². The van der Waals surface area contributed by atoms with Crippen molar-refractivity contribution in [1.29, 1.82) is 5.26 Å². The van der Waals surface area contributed by atoms with Crippen molar-refractivity contribution >= 4 is 27.7 Å². The molecule has 0 fully saturated rings. The SMILES string of the molecule is COCc1c(Br)c(C)nc(OCC2=NN(C(C)=O)C(c3ccccc3OC)O2)c1C#N. The Hall–Kier alpha value is -3.16. The first-order valence-corrected chi connectivity index (χ1v) is 10.1. The van der Waals surface area contributed by atoms with Crippen LogP contribution in [0.15, 0.2) is 33.8 Å². The Labute approximate surface area is 188 Å². The van der Waals surface area contributed by atoms with E-state index in [4.69, 9.17) is 18.9 Å². The Balaban J connectivity index is 1.85. The molecule has 10 heteroatoms. The number of halogens is 1. The number of hydrazone groups is 1. The Morgan fingerprint density at radius 1 is 1.32 bits per heavy atom. The predicted molar refractivity (Wildman–Crippen MR) is 114 cm³/mol. The van der Waals surface area contributed by atoms with Crippen LogP contribution in [0.1, 0.15) is 35.5 Å². The number of amides is 1. The second-order valence-corrected chi connectivity index (χ2v) is 7.37. The van der Waals surface area contributed by atoms with Crippen molar-refractivity contribution in [2.24, 2.45) is 5.10 Å². The standard InChI is InChI=1S/C21H21BrN4O5/c1-12-19(22)16(10-28-3)15(9-23)20(24-12)30-11-18-25-26(13(2)27)21(31-18)14-7-5-6-8-17(14)29-4/h5-8,21H,10-11H2,1-4H3. The van der Waals surface area contributed by atoms with Gasteiger partial charge in [-0.15, -0.1) is 5.10 Å². The van der Waals surface area contributed by atoms with Crippen molar-refractivity contribution in [1.82, 2.24) is 9.99 Å². The van der Waals surface area contributed by atoms with Crippen molar-refractivity contribution in [3.63, 3.8) is 0 Å². The van der Waals surface area contributed by atoms with E-state index in [-0.39, 0.29) is 36.5 Å². The summed E-state index contributed by atoms with van der Waals surface area (Å²) in [6.45, 7) is 3.28. The monoisotopic (exact) mass is 488 g/mol. The van der Waals surface area contributed by atoms with E-state index in [0.29, 0.717) is 27.0 Å².